The Hall–Kier alpha value is -4.79. The lowest BCUT2D eigenvalue weighted by molar-refractivity contribution is -0.385. The molecule has 2 saturated heterocycles. The molecule has 0 aromatic heterocycles. The molecule has 2 fully saturated rings. The molecule has 15 heteroatoms. The third-order valence-electron chi connectivity index (χ3n) is 7.17. The number of benzene rings is 2. The molecule has 0 atom stereocenters. The zero-order chi connectivity index (χ0) is 35.1. The van der Waals surface area contributed by atoms with Gasteiger partial charge < -0.3 is 29.5 Å². The summed E-state index contributed by atoms with van der Waals surface area (Å²) in [6, 6.07) is 9.16. The monoisotopic (exact) mass is 656 g/mol. The van der Waals surface area contributed by atoms with E-state index in [0.717, 1.165) is 31.9 Å². The van der Waals surface area contributed by atoms with E-state index in [4.69, 9.17) is 9.47 Å². The number of rotatable bonds is 6. The Labute approximate surface area is 274 Å². The molecule has 1 amide bonds. The van der Waals surface area contributed by atoms with Gasteiger partial charge in [-0.2, -0.15) is 0 Å². The summed E-state index contributed by atoms with van der Waals surface area (Å²) in [5.41, 5.74) is -0.590. The molecule has 47 heavy (non-hydrogen) atoms. The second-order valence-electron chi connectivity index (χ2n) is 13.2. The van der Waals surface area contributed by atoms with Crippen LogP contribution in [0.2, 0.25) is 0 Å². The highest BCUT2D eigenvalue weighted by molar-refractivity contribution is 5.95. The van der Waals surface area contributed by atoms with Crippen molar-refractivity contribution in [1.29, 1.82) is 0 Å². The molecule has 2 aliphatic heterocycles. The average molecular weight is 657 g/mol. The quantitative estimate of drug-likeness (QED) is 0.267. The fraction of sp³-hybridized carbons (Fsp3) is 0.531. The third-order valence-corrected chi connectivity index (χ3v) is 7.17. The van der Waals surface area contributed by atoms with Crippen LogP contribution in [0, 0.1) is 20.2 Å². The van der Waals surface area contributed by atoms with E-state index in [9.17, 15) is 34.6 Å². The highest BCUT2D eigenvalue weighted by Gasteiger charge is 2.29. The van der Waals surface area contributed by atoms with Gasteiger partial charge in [0.05, 0.1) is 9.85 Å². The zero-order valence-corrected chi connectivity index (χ0v) is 28.0. The number of nitrogens with zero attached hydrogens (tertiary/aromatic N) is 5. The van der Waals surface area contributed by atoms with Gasteiger partial charge in [-0.05, 0) is 65.8 Å². The SMILES string of the molecule is CC(=O)N1CCN(c2ccc(C(=O)OC(C)(C)C)c([N+](=O)[O-])c2)CC1.CC(C)(C)OC(=O)c1ccc(N2CCNCC2)cc1[N+](=O)[O-]. The van der Waals surface area contributed by atoms with Crippen molar-refractivity contribution >= 4 is 40.6 Å². The van der Waals surface area contributed by atoms with Crippen LogP contribution in [0.15, 0.2) is 36.4 Å². The van der Waals surface area contributed by atoms with Crippen molar-refractivity contribution in [1.82, 2.24) is 10.2 Å². The second-order valence-corrected chi connectivity index (χ2v) is 13.2. The van der Waals surface area contributed by atoms with Crippen molar-refractivity contribution in [3.63, 3.8) is 0 Å². The van der Waals surface area contributed by atoms with Crippen LogP contribution >= 0.6 is 0 Å². The van der Waals surface area contributed by atoms with Gasteiger partial charge in [0.2, 0.25) is 5.91 Å². The topological polar surface area (TPSA) is 178 Å². The number of carbonyl (C=O) groups excluding carboxylic acids is 3. The van der Waals surface area contributed by atoms with Gasteiger partial charge >= 0.3 is 11.9 Å². The molecule has 256 valence electrons. The number of carbonyl (C=O) groups is 3. The summed E-state index contributed by atoms with van der Waals surface area (Å²) in [4.78, 5) is 63.0. The van der Waals surface area contributed by atoms with Crippen molar-refractivity contribution in [2.24, 2.45) is 0 Å². The number of amides is 1. The van der Waals surface area contributed by atoms with E-state index in [-0.39, 0.29) is 28.4 Å². The number of anilines is 2. The number of nitro groups is 2. The molecule has 2 aromatic rings. The lowest BCUT2D eigenvalue weighted by atomic mass is 10.1. The highest BCUT2D eigenvalue weighted by atomic mass is 16.6. The summed E-state index contributed by atoms with van der Waals surface area (Å²) in [5, 5.41) is 25.9. The van der Waals surface area contributed by atoms with Gasteiger partial charge in [-0.3, -0.25) is 25.0 Å². The average Bonchev–Trinajstić information content (AvgIpc) is 2.99. The van der Waals surface area contributed by atoms with Gasteiger partial charge in [0.15, 0.2) is 0 Å². The Bertz CT molecular complexity index is 1480. The first-order valence-corrected chi connectivity index (χ1v) is 15.4. The predicted octanol–water partition coefficient (Wildman–Crippen LogP) is 4.18. The first kappa shape index (κ1) is 36.7. The van der Waals surface area contributed by atoms with Crippen LogP contribution in [-0.2, 0) is 14.3 Å². The van der Waals surface area contributed by atoms with Crippen molar-refractivity contribution in [3.8, 4) is 0 Å². The summed E-state index contributed by atoms with van der Waals surface area (Å²) >= 11 is 0. The van der Waals surface area contributed by atoms with Gasteiger partial charge in [0.25, 0.3) is 11.4 Å². The van der Waals surface area contributed by atoms with Crippen LogP contribution in [0.1, 0.15) is 69.2 Å². The summed E-state index contributed by atoms with van der Waals surface area (Å²) in [7, 11) is 0. The van der Waals surface area contributed by atoms with Crippen LogP contribution in [0.4, 0.5) is 22.7 Å². The zero-order valence-electron chi connectivity index (χ0n) is 28.0. The van der Waals surface area contributed by atoms with Crippen LogP contribution in [0.3, 0.4) is 0 Å². The van der Waals surface area contributed by atoms with Gasteiger partial charge in [-0.1, -0.05) is 0 Å². The standard InChI is InChI=1S/C17H23N3O5.C15H21N3O4/c1-12(21)18-7-9-19(10-8-18)13-5-6-14(15(11-13)20(23)24)16(22)25-17(2,3)4;1-15(2,3)22-14(19)12-5-4-11(10-13(12)18(20)21)17-8-6-16-7-9-17/h5-6,11H,7-10H2,1-4H3;4-5,10,16H,6-9H2,1-3H3. The molecule has 1 N–H and O–H groups in total. The summed E-state index contributed by atoms with van der Waals surface area (Å²) in [5.74, 6) is -1.37. The molecule has 0 radical (unpaired) electrons. The Morgan fingerprint density at radius 2 is 1.06 bits per heavy atom. The van der Waals surface area contributed by atoms with Crippen molar-refractivity contribution in [3.05, 3.63) is 67.8 Å². The maximum absolute atomic E-state index is 12.2. The largest absolute Gasteiger partial charge is 0.456 e. The first-order chi connectivity index (χ1) is 21.9. The van der Waals surface area contributed by atoms with Crippen LogP contribution in [0.5, 0.6) is 0 Å². The fourth-order valence-corrected chi connectivity index (χ4v) is 4.95. The van der Waals surface area contributed by atoms with Crippen LogP contribution < -0.4 is 15.1 Å². The van der Waals surface area contributed by atoms with Gasteiger partial charge in [0.1, 0.15) is 22.3 Å². The maximum atomic E-state index is 12.2. The van der Waals surface area contributed by atoms with E-state index >= 15 is 0 Å². The van der Waals surface area contributed by atoms with E-state index in [1.807, 2.05) is 4.90 Å². The Morgan fingerprint density at radius 3 is 1.40 bits per heavy atom. The third kappa shape index (κ3) is 10.6. The number of esters is 2. The van der Waals surface area contributed by atoms with Gasteiger partial charge in [0, 0.05) is 82.8 Å². The number of piperazine rings is 2. The van der Waals surface area contributed by atoms with E-state index in [0.29, 0.717) is 31.9 Å². The van der Waals surface area contributed by atoms with Crippen LogP contribution in [0.25, 0.3) is 0 Å². The van der Waals surface area contributed by atoms with Crippen molar-refractivity contribution < 1.29 is 33.7 Å². The number of ether oxygens (including phenoxy) is 2. The molecule has 0 spiro atoms. The molecule has 0 aliphatic carbocycles. The van der Waals surface area contributed by atoms with E-state index in [1.54, 1.807) is 58.6 Å². The van der Waals surface area contributed by atoms with Gasteiger partial charge in [-0.25, -0.2) is 9.59 Å². The first-order valence-electron chi connectivity index (χ1n) is 15.4. The van der Waals surface area contributed by atoms with Crippen LogP contribution in [-0.4, -0.2) is 96.2 Å². The summed E-state index contributed by atoms with van der Waals surface area (Å²) < 4.78 is 10.5. The minimum absolute atomic E-state index is 0.0150. The Balaban J connectivity index is 0.000000257. The molecule has 2 heterocycles. The van der Waals surface area contributed by atoms with Gasteiger partial charge in [-0.15, -0.1) is 0 Å². The predicted molar refractivity (Wildman–Crippen MR) is 176 cm³/mol. The van der Waals surface area contributed by atoms with E-state index < -0.39 is 33.0 Å². The lowest BCUT2D eigenvalue weighted by Crippen LogP contribution is -2.48. The fourth-order valence-electron chi connectivity index (χ4n) is 4.95. The minimum Gasteiger partial charge on any atom is -0.456 e. The van der Waals surface area contributed by atoms with Crippen molar-refractivity contribution in [2.45, 2.75) is 59.7 Å². The number of hydrogen-bond acceptors (Lipinski definition) is 12. The molecule has 0 unspecified atom stereocenters. The molecule has 0 bridgehead atoms. The molecule has 15 nitrogen and oxygen atoms in total. The molecular weight excluding hydrogens is 612 g/mol. The smallest absolute Gasteiger partial charge is 0.345 e. The van der Waals surface area contributed by atoms with Crippen molar-refractivity contribution in [2.75, 3.05) is 62.2 Å². The maximum Gasteiger partial charge on any atom is 0.345 e. The highest BCUT2D eigenvalue weighted by Crippen LogP contribution is 2.29. The number of hydrogen-bond donors (Lipinski definition) is 1. The molecular formula is C32H44N6O9. The Kier molecular flexibility index (Phi) is 11.9. The molecule has 2 aliphatic rings. The molecule has 4 rings (SSSR count). The number of nitro benzene ring substituents is 2. The lowest BCUT2D eigenvalue weighted by Gasteiger charge is -2.35. The molecule has 2 aromatic carbocycles. The summed E-state index contributed by atoms with van der Waals surface area (Å²) in [6.07, 6.45) is 0. The minimum atomic E-state index is -0.730. The van der Waals surface area contributed by atoms with E-state index in [2.05, 4.69) is 10.2 Å². The second kappa shape index (κ2) is 15.2. The summed E-state index contributed by atoms with van der Waals surface area (Å²) in [6.45, 7) is 17.4. The normalized spacial score (nSPS) is 15.3. The number of nitrogens with one attached hydrogen (secondary N) is 1. The molecule has 0 saturated carbocycles. The van der Waals surface area contributed by atoms with E-state index in [1.165, 1.54) is 31.2 Å². The Morgan fingerprint density at radius 1 is 0.681 bits per heavy atom.